The normalized spacial score (nSPS) is 12.6. The van der Waals surface area contributed by atoms with Gasteiger partial charge in [0.25, 0.3) is 0 Å². The molecule has 0 aliphatic heterocycles. The van der Waals surface area contributed by atoms with E-state index in [0.29, 0.717) is 6.04 Å². The van der Waals surface area contributed by atoms with E-state index in [4.69, 9.17) is 11.6 Å². The predicted molar refractivity (Wildman–Crippen MR) is 118 cm³/mol. The van der Waals surface area contributed by atoms with Crippen LogP contribution >= 0.6 is 11.6 Å². The van der Waals surface area contributed by atoms with Gasteiger partial charge in [0.2, 0.25) is 0 Å². The molecule has 0 bridgehead atoms. The molecule has 0 spiro atoms. The Morgan fingerprint density at radius 1 is 1.19 bits per heavy atom. The van der Waals surface area contributed by atoms with Gasteiger partial charge >= 0.3 is 0 Å². The summed E-state index contributed by atoms with van der Waals surface area (Å²) < 4.78 is -0.250. The number of nitrogens with zero attached hydrogens (tertiary/aromatic N) is 3. The lowest BCUT2D eigenvalue weighted by atomic mass is 10.1. The monoisotopic (exact) mass is 394 g/mol. The summed E-state index contributed by atoms with van der Waals surface area (Å²) in [7, 11) is 4.71. The molecule has 6 heteroatoms. The number of rotatable bonds is 8. The summed E-state index contributed by atoms with van der Waals surface area (Å²) in [5, 5.41) is 15.5. The van der Waals surface area contributed by atoms with Crippen LogP contribution in [-0.2, 0) is 0 Å². The van der Waals surface area contributed by atoms with E-state index >= 15 is 0 Å². The Balaban J connectivity index is 0.000000646. The van der Waals surface area contributed by atoms with Gasteiger partial charge in [-0.2, -0.15) is 0 Å². The number of quaternary nitrogens is 1. The van der Waals surface area contributed by atoms with E-state index in [9.17, 15) is 5.21 Å². The number of hydrogen-bond donors (Lipinski definition) is 1. The molecule has 5 nitrogen and oxygen atoms in total. The van der Waals surface area contributed by atoms with Gasteiger partial charge in [-0.15, -0.1) is 0 Å². The van der Waals surface area contributed by atoms with E-state index in [1.165, 1.54) is 13.0 Å². The Morgan fingerprint density at radius 3 is 2.41 bits per heavy atom. The van der Waals surface area contributed by atoms with Crippen molar-refractivity contribution in [2.45, 2.75) is 39.7 Å². The molecule has 0 aliphatic rings. The van der Waals surface area contributed by atoms with Crippen molar-refractivity contribution in [3.05, 3.63) is 40.7 Å². The Hall–Kier alpha value is -1.40. The highest BCUT2D eigenvalue weighted by Gasteiger charge is 2.07. The van der Waals surface area contributed by atoms with E-state index in [2.05, 4.69) is 36.0 Å². The molecule has 2 aromatic rings. The fourth-order valence-electron chi connectivity index (χ4n) is 2.75. The lowest BCUT2D eigenvalue weighted by Crippen LogP contribution is -2.25. The van der Waals surface area contributed by atoms with Crippen molar-refractivity contribution >= 4 is 28.2 Å². The molecule has 0 fully saturated rings. The van der Waals surface area contributed by atoms with Crippen LogP contribution in [0.1, 0.15) is 33.6 Å². The van der Waals surface area contributed by atoms with Gasteiger partial charge in [0.15, 0.2) is 0 Å². The number of hydroxylamine groups is 3. The van der Waals surface area contributed by atoms with Crippen LogP contribution in [0.25, 0.3) is 10.9 Å². The van der Waals surface area contributed by atoms with Crippen LogP contribution in [-0.4, -0.2) is 61.3 Å². The zero-order valence-electron chi connectivity index (χ0n) is 17.6. The number of nitrogens with one attached hydrogen (secondary N) is 1. The van der Waals surface area contributed by atoms with Gasteiger partial charge in [-0.05, 0) is 63.7 Å². The lowest BCUT2D eigenvalue weighted by Gasteiger charge is -2.27. The van der Waals surface area contributed by atoms with Crippen molar-refractivity contribution in [2.24, 2.45) is 0 Å². The molecular weight excluding hydrogens is 360 g/mol. The first kappa shape index (κ1) is 23.6. The zero-order valence-corrected chi connectivity index (χ0v) is 18.4. The van der Waals surface area contributed by atoms with Crippen molar-refractivity contribution < 1.29 is 4.65 Å². The second kappa shape index (κ2) is 11.4. The fraction of sp³-hybridized carbons (Fsp3) is 0.571. The van der Waals surface area contributed by atoms with E-state index < -0.39 is 0 Å². The first-order chi connectivity index (χ1) is 12.6. The second-order valence-electron chi connectivity index (χ2n) is 7.62. The number of aromatic nitrogens is 1. The Bertz CT molecular complexity index is 677. The van der Waals surface area contributed by atoms with Crippen molar-refractivity contribution in [1.82, 2.24) is 9.88 Å². The molecule has 152 valence electrons. The third kappa shape index (κ3) is 9.91. The van der Waals surface area contributed by atoms with Crippen LogP contribution in [0.5, 0.6) is 0 Å². The average Bonchev–Trinajstić information content (AvgIpc) is 2.57. The van der Waals surface area contributed by atoms with Crippen molar-refractivity contribution in [1.29, 1.82) is 0 Å². The van der Waals surface area contributed by atoms with Crippen molar-refractivity contribution in [2.75, 3.05) is 46.1 Å². The van der Waals surface area contributed by atoms with E-state index in [1.807, 2.05) is 30.5 Å². The van der Waals surface area contributed by atoms with Gasteiger partial charge < -0.3 is 20.1 Å². The number of halogens is 1. The van der Waals surface area contributed by atoms with Crippen LogP contribution in [0.3, 0.4) is 0 Å². The molecule has 1 heterocycles. The first-order valence-electron chi connectivity index (χ1n) is 9.69. The summed E-state index contributed by atoms with van der Waals surface area (Å²) in [6.07, 6.45) is 4.21. The first-order valence-corrected chi connectivity index (χ1v) is 10.1. The number of hydrogen-bond acceptors (Lipinski definition) is 4. The summed E-state index contributed by atoms with van der Waals surface area (Å²) in [5.41, 5.74) is 2.07. The zero-order chi connectivity index (χ0) is 20.4. The summed E-state index contributed by atoms with van der Waals surface area (Å²) >= 11 is 6.04. The van der Waals surface area contributed by atoms with Crippen molar-refractivity contribution in [3.63, 3.8) is 0 Å². The van der Waals surface area contributed by atoms with Crippen LogP contribution in [0.15, 0.2) is 30.5 Å². The summed E-state index contributed by atoms with van der Waals surface area (Å²) in [4.78, 5) is 6.86. The lowest BCUT2D eigenvalue weighted by molar-refractivity contribution is -0.818. The van der Waals surface area contributed by atoms with Crippen LogP contribution in [0.4, 0.5) is 5.69 Å². The quantitative estimate of drug-likeness (QED) is 0.505. The standard InChI is InChI=1S/C18H26ClN3.C3H9NO/c1-4-22(5-2)12-6-7-14(3)21-17-10-11-20-18-13-15(19)8-9-16(17)18;1-4(2,3)5/h8-11,13-14H,4-7,12H2,1-3H3,(H,20,21);1-3H3. The fourth-order valence-corrected chi connectivity index (χ4v) is 2.91. The molecule has 1 aromatic carbocycles. The molecule has 0 amide bonds. The number of fused-ring (bicyclic) bond motifs is 1. The minimum Gasteiger partial charge on any atom is -0.633 e. The predicted octanol–water partition coefficient (Wildman–Crippen LogP) is 5.00. The smallest absolute Gasteiger partial charge is 0.0737 e. The van der Waals surface area contributed by atoms with E-state index in [0.717, 1.165) is 41.1 Å². The molecule has 1 aromatic heterocycles. The van der Waals surface area contributed by atoms with Gasteiger partial charge in [0, 0.05) is 28.3 Å². The molecule has 0 radical (unpaired) electrons. The number of anilines is 1. The maximum absolute atomic E-state index is 10.0. The van der Waals surface area contributed by atoms with Gasteiger partial charge in [0.05, 0.1) is 26.7 Å². The Morgan fingerprint density at radius 2 is 1.81 bits per heavy atom. The largest absolute Gasteiger partial charge is 0.633 e. The number of benzene rings is 1. The number of pyridine rings is 1. The Kier molecular flexibility index (Phi) is 10.0. The molecular formula is C21H35ClN4O. The van der Waals surface area contributed by atoms with Gasteiger partial charge in [-0.3, -0.25) is 4.98 Å². The Labute approximate surface area is 169 Å². The third-order valence-electron chi connectivity index (χ3n) is 4.11. The SMILES string of the molecule is CCN(CC)CCCC(C)Nc1ccnc2cc(Cl)ccc12.C[N+](C)(C)[O-]. The molecule has 0 saturated heterocycles. The maximum atomic E-state index is 10.0. The van der Waals surface area contributed by atoms with Crippen LogP contribution < -0.4 is 5.32 Å². The van der Waals surface area contributed by atoms with Crippen LogP contribution in [0, 0.1) is 5.21 Å². The molecule has 0 aliphatic carbocycles. The summed E-state index contributed by atoms with van der Waals surface area (Å²) in [6, 6.07) is 8.35. The van der Waals surface area contributed by atoms with Gasteiger partial charge in [-0.1, -0.05) is 25.4 Å². The third-order valence-corrected chi connectivity index (χ3v) is 4.35. The highest BCUT2D eigenvalue weighted by Crippen LogP contribution is 2.25. The molecule has 27 heavy (non-hydrogen) atoms. The minimum atomic E-state index is -0.250. The molecule has 2 rings (SSSR count). The highest BCUT2D eigenvalue weighted by molar-refractivity contribution is 6.31. The molecule has 1 atom stereocenters. The summed E-state index contributed by atoms with van der Waals surface area (Å²) in [5.74, 6) is 0. The van der Waals surface area contributed by atoms with E-state index in [-0.39, 0.29) is 4.65 Å². The van der Waals surface area contributed by atoms with Gasteiger partial charge in [-0.25, -0.2) is 0 Å². The molecule has 1 unspecified atom stereocenters. The highest BCUT2D eigenvalue weighted by atomic mass is 35.5. The topological polar surface area (TPSA) is 51.2 Å². The maximum Gasteiger partial charge on any atom is 0.0737 e. The molecule has 0 saturated carbocycles. The van der Waals surface area contributed by atoms with Crippen molar-refractivity contribution in [3.8, 4) is 0 Å². The van der Waals surface area contributed by atoms with E-state index in [1.54, 1.807) is 21.1 Å². The molecule has 1 N–H and O–H groups in total. The average molecular weight is 395 g/mol. The second-order valence-corrected chi connectivity index (χ2v) is 8.06. The van der Waals surface area contributed by atoms with Gasteiger partial charge in [0.1, 0.15) is 0 Å². The minimum absolute atomic E-state index is 0.250. The summed E-state index contributed by atoms with van der Waals surface area (Å²) in [6.45, 7) is 10.1. The van der Waals surface area contributed by atoms with Crippen LogP contribution in [0.2, 0.25) is 5.02 Å².